The number of hydrogen-bond acceptors (Lipinski definition) is 1. The molecule has 88 valence electrons. The highest BCUT2D eigenvalue weighted by atomic mass is 16.5. The van der Waals surface area contributed by atoms with Gasteiger partial charge in [-0.15, -0.1) is 0 Å². The second kappa shape index (κ2) is 7.56. The van der Waals surface area contributed by atoms with Crippen LogP contribution < -0.4 is 0 Å². The van der Waals surface area contributed by atoms with Crippen LogP contribution in [-0.4, -0.2) is 0 Å². The summed E-state index contributed by atoms with van der Waals surface area (Å²) in [6, 6.07) is 0. The molecule has 0 fully saturated rings. The fraction of sp³-hybridized carbons (Fsp3) is 0.714. The Morgan fingerprint density at radius 3 is 1.53 bits per heavy atom. The Morgan fingerprint density at radius 2 is 1.27 bits per heavy atom. The van der Waals surface area contributed by atoms with Crippen LogP contribution in [0, 0.1) is 11.8 Å². The third-order valence-electron chi connectivity index (χ3n) is 2.65. The van der Waals surface area contributed by atoms with Crippen molar-refractivity contribution in [2.75, 3.05) is 0 Å². The van der Waals surface area contributed by atoms with Crippen LogP contribution in [0.2, 0.25) is 0 Å². The Labute approximate surface area is 95.2 Å². The molecule has 1 nitrogen and oxygen atoms in total. The lowest BCUT2D eigenvalue weighted by atomic mass is 10.1. The molecule has 0 bridgehead atoms. The molecule has 0 saturated heterocycles. The fourth-order valence-electron chi connectivity index (χ4n) is 1.36. The minimum Gasteiger partial charge on any atom is -0.467 e. The molecule has 1 heteroatoms. The van der Waals surface area contributed by atoms with Gasteiger partial charge in [-0.3, -0.25) is 0 Å². The molecule has 15 heavy (non-hydrogen) atoms. The SMILES string of the molecule is CCC(C)C=C(C)OC(C)=CC(C)CC. The van der Waals surface area contributed by atoms with Gasteiger partial charge in [0.05, 0.1) is 11.5 Å². The predicted octanol–water partition coefficient (Wildman–Crippen LogP) is 4.90. The smallest absolute Gasteiger partial charge is 0.0967 e. The second-order valence-electron chi connectivity index (χ2n) is 4.43. The summed E-state index contributed by atoms with van der Waals surface area (Å²) in [5, 5.41) is 0. The van der Waals surface area contributed by atoms with Crippen LogP contribution in [0.5, 0.6) is 0 Å². The Bertz CT molecular complexity index is 201. The molecule has 0 aliphatic rings. The number of rotatable bonds is 6. The van der Waals surface area contributed by atoms with Crippen LogP contribution in [0.25, 0.3) is 0 Å². The average molecular weight is 210 g/mol. The predicted molar refractivity (Wildman–Crippen MR) is 67.5 cm³/mol. The Kier molecular flexibility index (Phi) is 7.19. The molecule has 0 rings (SSSR count). The molecule has 0 aliphatic heterocycles. The van der Waals surface area contributed by atoms with Crippen molar-refractivity contribution in [3.05, 3.63) is 23.7 Å². The van der Waals surface area contributed by atoms with Crippen molar-refractivity contribution in [2.45, 2.75) is 54.4 Å². The summed E-state index contributed by atoms with van der Waals surface area (Å²) >= 11 is 0. The zero-order valence-electron chi connectivity index (χ0n) is 11.1. The molecule has 0 radical (unpaired) electrons. The van der Waals surface area contributed by atoms with Gasteiger partial charge >= 0.3 is 0 Å². The molecule has 0 amide bonds. The fourth-order valence-corrected chi connectivity index (χ4v) is 1.36. The topological polar surface area (TPSA) is 9.23 Å². The number of ether oxygens (including phenoxy) is 1. The summed E-state index contributed by atoms with van der Waals surface area (Å²) in [5.41, 5.74) is 0. The largest absolute Gasteiger partial charge is 0.467 e. The van der Waals surface area contributed by atoms with E-state index in [1.807, 2.05) is 13.8 Å². The van der Waals surface area contributed by atoms with E-state index in [-0.39, 0.29) is 0 Å². The van der Waals surface area contributed by atoms with Crippen LogP contribution in [-0.2, 0) is 4.74 Å². The zero-order valence-corrected chi connectivity index (χ0v) is 11.1. The Hall–Kier alpha value is -0.720. The van der Waals surface area contributed by atoms with Crippen LogP contribution in [0.4, 0.5) is 0 Å². The molecular weight excluding hydrogens is 184 g/mol. The minimum atomic E-state index is 0.599. The maximum absolute atomic E-state index is 5.72. The summed E-state index contributed by atoms with van der Waals surface area (Å²) < 4.78 is 5.72. The van der Waals surface area contributed by atoms with Crippen LogP contribution in [0.3, 0.4) is 0 Å². The summed E-state index contributed by atoms with van der Waals surface area (Å²) in [5.74, 6) is 3.23. The van der Waals surface area contributed by atoms with Gasteiger partial charge in [0.25, 0.3) is 0 Å². The van der Waals surface area contributed by atoms with E-state index in [0.717, 1.165) is 24.4 Å². The standard InChI is InChI=1S/C14H26O/c1-7-11(3)9-13(5)15-14(6)10-12(4)8-2/h9-12H,7-8H2,1-6H3. The van der Waals surface area contributed by atoms with E-state index in [1.54, 1.807) is 0 Å². The van der Waals surface area contributed by atoms with Gasteiger partial charge in [-0.2, -0.15) is 0 Å². The van der Waals surface area contributed by atoms with Gasteiger partial charge < -0.3 is 4.74 Å². The first-order valence-corrected chi connectivity index (χ1v) is 6.04. The van der Waals surface area contributed by atoms with E-state index in [1.165, 1.54) is 0 Å². The highest BCUT2D eigenvalue weighted by Gasteiger charge is 1.99. The molecule has 0 aromatic carbocycles. The summed E-state index contributed by atoms with van der Waals surface area (Å²) in [6.07, 6.45) is 6.70. The molecule has 2 unspecified atom stereocenters. The van der Waals surface area contributed by atoms with E-state index >= 15 is 0 Å². The molecule has 0 aromatic rings. The third-order valence-corrected chi connectivity index (χ3v) is 2.65. The molecule has 0 spiro atoms. The minimum absolute atomic E-state index is 0.599. The van der Waals surface area contributed by atoms with Crippen LogP contribution >= 0.6 is 0 Å². The first-order valence-electron chi connectivity index (χ1n) is 6.04. The van der Waals surface area contributed by atoms with Crippen molar-refractivity contribution in [3.63, 3.8) is 0 Å². The third kappa shape index (κ3) is 7.24. The van der Waals surface area contributed by atoms with Gasteiger partial charge in [-0.05, 0) is 50.7 Å². The van der Waals surface area contributed by atoms with Gasteiger partial charge in [0.2, 0.25) is 0 Å². The van der Waals surface area contributed by atoms with Crippen LogP contribution in [0.1, 0.15) is 54.4 Å². The first-order chi connectivity index (χ1) is 6.99. The zero-order chi connectivity index (χ0) is 11.8. The van der Waals surface area contributed by atoms with E-state index in [2.05, 4.69) is 39.8 Å². The molecule has 0 aliphatic carbocycles. The maximum Gasteiger partial charge on any atom is 0.0967 e. The quantitative estimate of drug-likeness (QED) is 0.566. The lowest BCUT2D eigenvalue weighted by Crippen LogP contribution is -1.94. The summed E-state index contributed by atoms with van der Waals surface area (Å²) in [4.78, 5) is 0. The van der Waals surface area contributed by atoms with Gasteiger partial charge in [0.15, 0.2) is 0 Å². The van der Waals surface area contributed by atoms with Crippen molar-refractivity contribution in [3.8, 4) is 0 Å². The van der Waals surface area contributed by atoms with Gasteiger partial charge in [-0.1, -0.05) is 27.7 Å². The van der Waals surface area contributed by atoms with Crippen molar-refractivity contribution in [1.82, 2.24) is 0 Å². The number of allylic oxidation sites excluding steroid dienone is 4. The van der Waals surface area contributed by atoms with Gasteiger partial charge in [0.1, 0.15) is 0 Å². The lowest BCUT2D eigenvalue weighted by Gasteiger charge is -2.10. The van der Waals surface area contributed by atoms with Crippen molar-refractivity contribution in [2.24, 2.45) is 11.8 Å². The maximum atomic E-state index is 5.72. The highest BCUT2D eigenvalue weighted by molar-refractivity contribution is 5.00. The second-order valence-corrected chi connectivity index (χ2v) is 4.43. The first kappa shape index (κ1) is 14.3. The normalized spacial score (nSPS) is 17.5. The Balaban J connectivity index is 4.22. The van der Waals surface area contributed by atoms with E-state index in [4.69, 9.17) is 4.74 Å². The lowest BCUT2D eigenvalue weighted by molar-refractivity contribution is 0.300. The molecule has 2 atom stereocenters. The monoisotopic (exact) mass is 210 g/mol. The highest BCUT2D eigenvalue weighted by Crippen LogP contribution is 2.13. The van der Waals surface area contributed by atoms with Crippen molar-refractivity contribution in [1.29, 1.82) is 0 Å². The molecular formula is C14H26O. The van der Waals surface area contributed by atoms with Crippen molar-refractivity contribution < 1.29 is 4.74 Å². The number of hydrogen-bond donors (Lipinski definition) is 0. The molecule has 0 heterocycles. The molecule has 0 saturated carbocycles. The van der Waals surface area contributed by atoms with E-state index in [0.29, 0.717) is 11.8 Å². The van der Waals surface area contributed by atoms with Crippen LogP contribution in [0.15, 0.2) is 23.7 Å². The van der Waals surface area contributed by atoms with E-state index < -0.39 is 0 Å². The molecule has 0 aromatic heterocycles. The van der Waals surface area contributed by atoms with Crippen molar-refractivity contribution >= 4 is 0 Å². The van der Waals surface area contributed by atoms with Gasteiger partial charge in [-0.25, -0.2) is 0 Å². The molecule has 0 N–H and O–H groups in total. The van der Waals surface area contributed by atoms with E-state index in [9.17, 15) is 0 Å². The van der Waals surface area contributed by atoms with Gasteiger partial charge in [0, 0.05) is 0 Å². The average Bonchev–Trinajstić information content (AvgIpc) is 2.16. The summed E-state index contributed by atoms with van der Waals surface area (Å²) in [7, 11) is 0. The Morgan fingerprint density at radius 1 is 0.933 bits per heavy atom. The summed E-state index contributed by atoms with van der Waals surface area (Å²) in [6.45, 7) is 12.9.